The van der Waals surface area contributed by atoms with Gasteiger partial charge in [-0.2, -0.15) is 0 Å². The number of nitrogens with one attached hydrogen (secondary N) is 1. The van der Waals surface area contributed by atoms with Crippen molar-refractivity contribution in [1.82, 2.24) is 15.1 Å². The van der Waals surface area contributed by atoms with Gasteiger partial charge in [0.15, 0.2) is 11.6 Å². The summed E-state index contributed by atoms with van der Waals surface area (Å²) in [6, 6.07) is 7.59. The van der Waals surface area contributed by atoms with Crippen LogP contribution in [0.15, 0.2) is 35.7 Å². The minimum atomic E-state index is -0.440. The zero-order valence-electron chi connectivity index (χ0n) is 18.5. The van der Waals surface area contributed by atoms with Crippen LogP contribution in [0.5, 0.6) is 5.75 Å². The quantitative estimate of drug-likeness (QED) is 0.586. The van der Waals surface area contributed by atoms with Gasteiger partial charge in [0.2, 0.25) is 5.91 Å². The molecule has 1 aliphatic rings. The first-order valence-electron chi connectivity index (χ1n) is 10.8. The second-order valence-electron chi connectivity index (χ2n) is 7.54. The summed E-state index contributed by atoms with van der Waals surface area (Å²) in [5, 5.41) is 4.82. The smallest absolute Gasteiger partial charge is 0.317 e. The van der Waals surface area contributed by atoms with Crippen LogP contribution < -0.4 is 10.1 Å². The van der Waals surface area contributed by atoms with Gasteiger partial charge in [0.25, 0.3) is 0 Å². The van der Waals surface area contributed by atoms with E-state index in [0.29, 0.717) is 26.2 Å². The van der Waals surface area contributed by atoms with Crippen LogP contribution in [-0.2, 0) is 16.0 Å². The third kappa shape index (κ3) is 5.98. The topological polar surface area (TPSA) is 71.1 Å². The van der Waals surface area contributed by atoms with Crippen LogP contribution in [0, 0.1) is 5.82 Å². The van der Waals surface area contributed by atoms with E-state index < -0.39 is 5.82 Å². The molecule has 174 valence electrons. The van der Waals surface area contributed by atoms with Crippen molar-refractivity contribution < 1.29 is 23.5 Å². The number of amides is 3. The molecular weight excluding hydrogens is 433 g/mol. The van der Waals surface area contributed by atoms with Crippen LogP contribution in [0.1, 0.15) is 29.8 Å². The number of benzene rings is 1. The molecule has 0 unspecified atom stereocenters. The number of urea groups is 1. The number of ether oxygens (including phenoxy) is 2. The van der Waals surface area contributed by atoms with Crippen LogP contribution in [0.3, 0.4) is 0 Å². The van der Waals surface area contributed by atoms with Gasteiger partial charge in [-0.1, -0.05) is 19.1 Å². The molecular formula is C23H30FN3O4S. The van der Waals surface area contributed by atoms with E-state index in [2.05, 4.69) is 5.32 Å². The fraction of sp³-hybridized carbons (Fsp3) is 0.478. The largest absolute Gasteiger partial charge is 0.488 e. The lowest BCUT2D eigenvalue weighted by molar-refractivity contribution is -0.135. The van der Waals surface area contributed by atoms with Gasteiger partial charge >= 0.3 is 6.03 Å². The molecule has 0 saturated carbocycles. The number of para-hydroxylation sites is 1. The highest BCUT2D eigenvalue weighted by molar-refractivity contribution is 7.10. The maximum absolute atomic E-state index is 14.0. The molecule has 1 atom stereocenters. The highest BCUT2D eigenvalue weighted by Gasteiger charge is 2.33. The molecule has 0 fully saturated rings. The van der Waals surface area contributed by atoms with Crippen molar-refractivity contribution in [2.75, 3.05) is 46.5 Å². The average molecular weight is 464 g/mol. The number of thiophene rings is 1. The molecule has 2 heterocycles. The minimum Gasteiger partial charge on any atom is -0.488 e. The van der Waals surface area contributed by atoms with E-state index in [4.69, 9.17) is 9.47 Å². The Morgan fingerprint density at radius 3 is 2.88 bits per heavy atom. The van der Waals surface area contributed by atoms with E-state index in [1.165, 1.54) is 15.8 Å². The summed E-state index contributed by atoms with van der Waals surface area (Å²) < 4.78 is 24.9. The number of carbonyl (C=O) groups excluding carboxylic acids is 2. The molecule has 2 aromatic rings. The molecule has 1 aromatic carbocycles. The summed E-state index contributed by atoms with van der Waals surface area (Å²) in [4.78, 5) is 30.3. The molecule has 3 amide bonds. The Hall–Kier alpha value is -2.65. The molecule has 0 bridgehead atoms. The molecule has 1 N–H and O–H groups in total. The van der Waals surface area contributed by atoms with E-state index >= 15 is 0 Å². The number of carbonyl (C=O) groups is 2. The molecule has 1 aromatic heterocycles. The van der Waals surface area contributed by atoms with E-state index in [-0.39, 0.29) is 36.9 Å². The Morgan fingerprint density at radius 2 is 2.12 bits per heavy atom. The highest BCUT2D eigenvalue weighted by atomic mass is 32.1. The predicted molar refractivity (Wildman–Crippen MR) is 122 cm³/mol. The molecule has 0 aliphatic carbocycles. The number of fused-ring (bicyclic) bond motifs is 1. The maximum Gasteiger partial charge on any atom is 0.317 e. The van der Waals surface area contributed by atoms with Crippen molar-refractivity contribution >= 4 is 23.3 Å². The Kier molecular flexibility index (Phi) is 8.87. The second kappa shape index (κ2) is 11.8. The zero-order valence-corrected chi connectivity index (χ0v) is 19.3. The van der Waals surface area contributed by atoms with Gasteiger partial charge in [0, 0.05) is 31.6 Å². The Bertz CT molecular complexity index is 907. The average Bonchev–Trinajstić information content (AvgIpc) is 3.28. The third-order valence-corrected chi connectivity index (χ3v) is 6.35. The van der Waals surface area contributed by atoms with E-state index in [1.54, 1.807) is 41.5 Å². The van der Waals surface area contributed by atoms with Crippen LogP contribution in [-0.4, -0.2) is 68.2 Å². The van der Waals surface area contributed by atoms with Crippen molar-refractivity contribution in [2.24, 2.45) is 0 Å². The molecule has 32 heavy (non-hydrogen) atoms. The first kappa shape index (κ1) is 24.0. The lowest BCUT2D eigenvalue weighted by Crippen LogP contribution is -2.50. The van der Waals surface area contributed by atoms with Gasteiger partial charge in [-0.3, -0.25) is 4.79 Å². The van der Waals surface area contributed by atoms with Gasteiger partial charge in [-0.25, -0.2) is 9.18 Å². The van der Waals surface area contributed by atoms with Gasteiger partial charge in [0.1, 0.15) is 13.2 Å². The number of hydrogen-bond donors (Lipinski definition) is 1. The fourth-order valence-corrected chi connectivity index (χ4v) is 4.59. The normalized spacial score (nSPS) is 15.2. The van der Waals surface area contributed by atoms with Crippen LogP contribution in [0.2, 0.25) is 0 Å². The molecule has 0 spiro atoms. The number of methoxy groups -OCH3 is 1. The van der Waals surface area contributed by atoms with Crippen molar-refractivity contribution in [1.29, 1.82) is 0 Å². The molecule has 3 rings (SSSR count). The SMILES string of the molecule is CCCNC(=O)N(CCOC)CC(=O)N1CCc2sccc2[C@@H]1COc1ccccc1F. The number of nitrogens with zero attached hydrogens (tertiary/aromatic N) is 2. The third-order valence-electron chi connectivity index (χ3n) is 5.35. The van der Waals surface area contributed by atoms with Crippen molar-refractivity contribution in [3.63, 3.8) is 0 Å². The first-order chi connectivity index (χ1) is 15.5. The van der Waals surface area contributed by atoms with Gasteiger partial charge in [0.05, 0.1) is 12.6 Å². The van der Waals surface area contributed by atoms with E-state index in [0.717, 1.165) is 18.4 Å². The molecule has 9 heteroatoms. The van der Waals surface area contributed by atoms with Crippen molar-refractivity contribution in [3.8, 4) is 5.75 Å². The lowest BCUT2D eigenvalue weighted by Gasteiger charge is -2.37. The summed E-state index contributed by atoms with van der Waals surface area (Å²) in [7, 11) is 1.56. The number of rotatable bonds is 10. The Labute approximate surface area is 192 Å². The van der Waals surface area contributed by atoms with E-state index in [1.807, 2.05) is 18.4 Å². The summed E-state index contributed by atoms with van der Waals surface area (Å²) in [6.07, 6.45) is 1.55. The van der Waals surface area contributed by atoms with Crippen molar-refractivity contribution in [2.45, 2.75) is 25.8 Å². The van der Waals surface area contributed by atoms with Crippen molar-refractivity contribution in [3.05, 3.63) is 52.0 Å². The van der Waals surface area contributed by atoms with Gasteiger partial charge in [-0.15, -0.1) is 11.3 Å². The maximum atomic E-state index is 14.0. The first-order valence-corrected chi connectivity index (χ1v) is 11.7. The Balaban J connectivity index is 1.74. The van der Waals surface area contributed by atoms with Crippen LogP contribution >= 0.6 is 11.3 Å². The zero-order chi connectivity index (χ0) is 22.9. The molecule has 1 aliphatic heterocycles. The second-order valence-corrected chi connectivity index (χ2v) is 8.54. The lowest BCUT2D eigenvalue weighted by atomic mass is 10.0. The standard InChI is InChI=1S/C23H30FN3O4S/c1-3-10-25-23(29)26(12-13-30-2)15-22(28)27-11-8-21-17(9-14-32-21)19(27)16-31-20-7-5-4-6-18(20)24/h4-7,9,14,19H,3,8,10-13,15-16H2,1-2H3,(H,25,29)/t19-/m0/s1. The monoisotopic (exact) mass is 463 g/mol. The van der Waals surface area contributed by atoms with Crippen LogP contribution in [0.25, 0.3) is 0 Å². The fourth-order valence-electron chi connectivity index (χ4n) is 3.66. The molecule has 7 nitrogen and oxygen atoms in total. The highest BCUT2D eigenvalue weighted by Crippen LogP contribution is 2.34. The Morgan fingerprint density at radius 1 is 1.31 bits per heavy atom. The van der Waals surface area contributed by atoms with Gasteiger partial charge in [-0.05, 0) is 42.0 Å². The summed E-state index contributed by atoms with van der Waals surface area (Å²) in [6.45, 7) is 3.75. The number of halogens is 1. The summed E-state index contributed by atoms with van der Waals surface area (Å²) >= 11 is 1.65. The van der Waals surface area contributed by atoms with E-state index in [9.17, 15) is 14.0 Å². The summed E-state index contributed by atoms with van der Waals surface area (Å²) in [5.41, 5.74) is 1.02. The number of hydrogen-bond acceptors (Lipinski definition) is 5. The predicted octanol–water partition coefficient (Wildman–Crippen LogP) is 3.46. The minimum absolute atomic E-state index is 0.0609. The molecule has 0 saturated heterocycles. The van der Waals surface area contributed by atoms with Crippen LogP contribution in [0.4, 0.5) is 9.18 Å². The summed E-state index contributed by atoms with van der Waals surface area (Å²) in [5.74, 6) is -0.459. The molecule has 0 radical (unpaired) electrons. The van der Waals surface area contributed by atoms with Gasteiger partial charge < -0.3 is 24.6 Å².